The summed E-state index contributed by atoms with van der Waals surface area (Å²) in [5.41, 5.74) is 6.03. The summed E-state index contributed by atoms with van der Waals surface area (Å²) in [6.45, 7) is 2.04. The molecule has 0 saturated carbocycles. The van der Waals surface area contributed by atoms with Crippen molar-refractivity contribution in [1.82, 2.24) is 19.7 Å². The van der Waals surface area contributed by atoms with E-state index >= 15 is 0 Å². The van der Waals surface area contributed by atoms with Gasteiger partial charge in [-0.05, 0) is 22.9 Å². The number of ether oxygens (including phenoxy) is 1. The van der Waals surface area contributed by atoms with Gasteiger partial charge in [-0.3, -0.25) is 0 Å². The van der Waals surface area contributed by atoms with Crippen LogP contribution in [0, 0.1) is 0 Å². The number of anilines is 1. The maximum atomic E-state index is 11.5. The molecule has 0 aliphatic heterocycles. The van der Waals surface area contributed by atoms with Gasteiger partial charge in [0.2, 0.25) is 0 Å². The van der Waals surface area contributed by atoms with Crippen molar-refractivity contribution in [3.05, 3.63) is 28.8 Å². The summed E-state index contributed by atoms with van der Waals surface area (Å²) in [7, 11) is 0. The fourth-order valence-corrected chi connectivity index (χ4v) is 1.57. The van der Waals surface area contributed by atoms with Gasteiger partial charge in [-0.1, -0.05) is 0 Å². The number of rotatable bonds is 3. The third kappa shape index (κ3) is 2.48. The molecule has 0 amide bonds. The molecule has 8 heteroatoms. The third-order valence-electron chi connectivity index (χ3n) is 2.06. The fourth-order valence-electron chi connectivity index (χ4n) is 1.29. The number of esters is 1. The van der Waals surface area contributed by atoms with E-state index in [-0.39, 0.29) is 5.82 Å². The molecule has 0 bridgehead atoms. The molecule has 0 spiro atoms. The highest BCUT2D eigenvalue weighted by Gasteiger charge is 2.13. The second kappa shape index (κ2) is 5.13. The zero-order valence-electron chi connectivity index (χ0n) is 9.50. The molecule has 2 heterocycles. The van der Waals surface area contributed by atoms with Crippen LogP contribution in [0.1, 0.15) is 17.3 Å². The number of aromatic nitrogens is 4. The first-order valence-corrected chi connectivity index (χ1v) is 5.91. The largest absolute Gasteiger partial charge is 0.462 e. The molecule has 0 aliphatic rings. The number of hydrogen-bond donors (Lipinski definition) is 1. The van der Waals surface area contributed by atoms with Crippen LogP contribution in [0.5, 0.6) is 0 Å². The van der Waals surface area contributed by atoms with Crippen LogP contribution in [0.4, 0.5) is 5.82 Å². The third-order valence-corrected chi connectivity index (χ3v) is 2.44. The molecule has 2 aromatic heterocycles. The summed E-state index contributed by atoms with van der Waals surface area (Å²) < 4.78 is 6.76. The van der Waals surface area contributed by atoms with E-state index in [9.17, 15) is 4.79 Å². The lowest BCUT2D eigenvalue weighted by Gasteiger charge is -2.03. The first-order chi connectivity index (χ1) is 8.61. The lowest BCUT2D eigenvalue weighted by molar-refractivity contribution is 0.0526. The van der Waals surface area contributed by atoms with Crippen molar-refractivity contribution in [3.63, 3.8) is 0 Å². The average molecular weight is 312 g/mol. The van der Waals surface area contributed by atoms with Gasteiger partial charge in [0.25, 0.3) is 0 Å². The van der Waals surface area contributed by atoms with Gasteiger partial charge in [-0.25, -0.2) is 19.4 Å². The van der Waals surface area contributed by atoms with Gasteiger partial charge in [-0.15, -0.1) is 0 Å². The number of nitrogens with two attached hydrogens (primary N) is 1. The zero-order chi connectivity index (χ0) is 13.1. The molecule has 0 aromatic carbocycles. The summed E-state index contributed by atoms with van der Waals surface area (Å²) in [6, 6.07) is 0. The van der Waals surface area contributed by atoms with Crippen LogP contribution in [0.25, 0.3) is 5.82 Å². The first kappa shape index (κ1) is 12.5. The SMILES string of the molecule is CCOC(=O)c1cnn(-c2nc(Br)cnc2N)c1. The van der Waals surface area contributed by atoms with Crippen LogP contribution >= 0.6 is 15.9 Å². The minimum absolute atomic E-state index is 0.219. The molecule has 0 radical (unpaired) electrons. The van der Waals surface area contributed by atoms with E-state index in [0.29, 0.717) is 22.6 Å². The molecule has 7 nitrogen and oxygen atoms in total. The molecule has 2 N–H and O–H groups in total. The fraction of sp³-hybridized carbons (Fsp3) is 0.200. The molecule has 94 valence electrons. The van der Waals surface area contributed by atoms with E-state index < -0.39 is 5.97 Å². The molecule has 2 aromatic rings. The molecule has 0 fully saturated rings. The van der Waals surface area contributed by atoms with Crippen LogP contribution < -0.4 is 5.73 Å². The minimum atomic E-state index is -0.440. The Hall–Kier alpha value is -1.96. The van der Waals surface area contributed by atoms with E-state index in [1.54, 1.807) is 6.92 Å². The first-order valence-electron chi connectivity index (χ1n) is 5.12. The van der Waals surface area contributed by atoms with Gasteiger partial charge in [-0.2, -0.15) is 5.10 Å². The summed E-state index contributed by atoms with van der Waals surface area (Å²) in [4.78, 5) is 19.6. The van der Waals surface area contributed by atoms with Crippen molar-refractivity contribution in [1.29, 1.82) is 0 Å². The Labute approximate surface area is 111 Å². The van der Waals surface area contributed by atoms with Gasteiger partial charge >= 0.3 is 5.97 Å². The van der Waals surface area contributed by atoms with Gasteiger partial charge < -0.3 is 10.5 Å². The number of carbonyl (C=O) groups is 1. The number of hydrogen-bond acceptors (Lipinski definition) is 6. The number of nitrogen functional groups attached to an aromatic ring is 1. The number of carbonyl (C=O) groups excluding carboxylic acids is 1. The predicted molar refractivity (Wildman–Crippen MR) is 67.2 cm³/mol. The van der Waals surface area contributed by atoms with Crippen molar-refractivity contribution in [2.75, 3.05) is 12.3 Å². The van der Waals surface area contributed by atoms with Crippen molar-refractivity contribution >= 4 is 27.7 Å². The van der Waals surface area contributed by atoms with Crippen molar-refractivity contribution < 1.29 is 9.53 Å². The molecule has 2 rings (SSSR count). The van der Waals surface area contributed by atoms with Gasteiger partial charge in [0.1, 0.15) is 4.60 Å². The van der Waals surface area contributed by atoms with E-state index in [0.717, 1.165) is 0 Å². The summed E-state index contributed by atoms with van der Waals surface area (Å²) in [6.07, 6.45) is 4.36. The normalized spacial score (nSPS) is 10.3. The van der Waals surface area contributed by atoms with E-state index in [1.807, 2.05) is 0 Å². The lowest BCUT2D eigenvalue weighted by Crippen LogP contribution is -2.06. The highest BCUT2D eigenvalue weighted by Crippen LogP contribution is 2.15. The Morgan fingerprint density at radius 2 is 2.33 bits per heavy atom. The molecule has 18 heavy (non-hydrogen) atoms. The predicted octanol–water partition coefficient (Wildman–Crippen LogP) is 1.18. The molecule has 0 atom stereocenters. The van der Waals surface area contributed by atoms with E-state index in [4.69, 9.17) is 10.5 Å². The standard InChI is InChI=1S/C10H10BrN5O2/c1-2-18-10(17)6-3-14-16(5-6)9-8(12)13-4-7(11)15-9/h3-5H,2H2,1H3,(H2,12,13). The number of nitrogens with zero attached hydrogens (tertiary/aromatic N) is 4. The van der Waals surface area contributed by atoms with Crippen molar-refractivity contribution in [3.8, 4) is 5.82 Å². The molecular formula is C10H10BrN5O2. The minimum Gasteiger partial charge on any atom is -0.462 e. The Balaban J connectivity index is 2.35. The van der Waals surface area contributed by atoms with E-state index in [2.05, 4.69) is 31.0 Å². The summed E-state index contributed by atoms with van der Waals surface area (Å²) >= 11 is 3.19. The Morgan fingerprint density at radius 1 is 1.56 bits per heavy atom. The molecule has 0 saturated heterocycles. The zero-order valence-corrected chi connectivity index (χ0v) is 11.1. The summed E-state index contributed by atoms with van der Waals surface area (Å²) in [5.74, 6) is 0.127. The Morgan fingerprint density at radius 3 is 3.06 bits per heavy atom. The maximum absolute atomic E-state index is 11.5. The second-order valence-electron chi connectivity index (χ2n) is 3.30. The van der Waals surface area contributed by atoms with Gasteiger partial charge in [0.15, 0.2) is 11.6 Å². The van der Waals surface area contributed by atoms with Crippen molar-refractivity contribution in [2.45, 2.75) is 6.92 Å². The quantitative estimate of drug-likeness (QED) is 0.855. The topological polar surface area (TPSA) is 95.9 Å². The van der Waals surface area contributed by atoms with Gasteiger partial charge in [0.05, 0.1) is 24.6 Å². The second-order valence-corrected chi connectivity index (χ2v) is 4.11. The Kier molecular flexibility index (Phi) is 3.56. The van der Waals surface area contributed by atoms with Crippen LogP contribution in [0.15, 0.2) is 23.2 Å². The highest BCUT2D eigenvalue weighted by atomic mass is 79.9. The van der Waals surface area contributed by atoms with Crippen LogP contribution in [0.2, 0.25) is 0 Å². The van der Waals surface area contributed by atoms with Gasteiger partial charge in [0, 0.05) is 6.20 Å². The lowest BCUT2D eigenvalue weighted by atomic mass is 10.4. The Bertz CT molecular complexity index is 583. The van der Waals surface area contributed by atoms with Crippen LogP contribution in [0.3, 0.4) is 0 Å². The number of halogens is 1. The molecule has 0 unspecified atom stereocenters. The van der Waals surface area contributed by atoms with Crippen LogP contribution in [-0.4, -0.2) is 32.3 Å². The van der Waals surface area contributed by atoms with Crippen molar-refractivity contribution in [2.24, 2.45) is 0 Å². The monoisotopic (exact) mass is 311 g/mol. The average Bonchev–Trinajstić information content (AvgIpc) is 2.82. The molecule has 0 aliphatic carbocycles. The summed E-state index contributed by atoms with van der Waals surface area (Å²) in [5, 5.41) is 4.00. The van der Waals surface area contributed by atoms with Crippen LogP contribution in [-0.2, 0) is 4.74 Å². The smallest absolute Gasteiger partial charge is 0.341 e. The highest BCUT2D eigenvalue weighted by molar-refractivity contribution is 9.10. The molecular weight excluding hydrogens is 302 g/mol. The van der Waals surface area contributed by atoms with E-state index in [1.165, 1.54) is 23.3 Å². The maximum Gasteiger partial charge on any atom is 0.341 e.